The van der Waals surface area contributed by atoms with E-state index in [2.05, 4.69) is 5.32 Å². The molecule has 132 valence electrons. The Kier molecular flexibility index (Phi) is 5.94. The molecule has 0 bridgehead atoms. The van der Waals surface area contributed by atoms with E-state index in [0.717, 1.165) is 6.07 Å². The quantitative estimate of drug-likeness (QED) is 0.804. The molecular weight excluding hydrogens is 329 g/mol. The van der Waals surface area contributed by atoms with Gasteiger partial charge in [0.15, 0.2) is 11.5 Å². The predicted octanol–water partition coefficient (Wildman–Crippen LogP) is 2.79. The Morgan fingerprint density at radius 3 is 2.44 bits per heavy atom. The molecule has 6 nitrogen and oxygen atoms in total. The number of methoxy groups -OCH3 is 2. The van der Waals surface area contributed by atoms with Crippen LogP contribution in [0.2, 0.25) is 0 Å². The van der Waals surface area contributed by atoms with Crippen LogP contribution in [0, 0.1) is 5.82 Å². The maximum absolute atomic E-state index is 13.3. The van der Waals surface area contributed by atoms with Gasteiger partial charge >= 0.3 is 5.97 Å². The molecule has 0 aliphatic rings. The summed E-state index contributed by atoms with van der Waals surface area (Å²) >= 11 is 0. The van der Waals surface area contributed by atoms with Crippen molar-refractivity contribution in [2.75, 3.05) is 14.2 Å². The minimum atomic E-state index is -1.08. The van der Waals surface area contributed by atoms with Gasteiger partial charge in [0.1, 0.15) is 5.82 Å². The topological polar surface area (TPSA) is 84.9 Å². The zero-order valence-electron chi connectivity index (χ0n) is 13.8. The van der Waals surface area contributed by atoms with E-state index >= 15 is 0 Å². The van der Waals surface area contributed by atoms with Crippen LogP contribution >= 0.6 is 0 Å². The van der Waals surface area contributed by atoms with Crippen molar-refractivity contribution in [2.24, 2.45) is 0 Å². The molecule has 0 fully saturated rings. The molecule has 1 atom stereocenters. The van der Waals surface area contributed by atoms with Crippen molar-refractivity contribution < 1.29 is 28.6 Å². The SMILES string of the molecule is COc1ccc([C@H](CC(=O)O)NC(=O)c2cccc(F)c2)cc1OC. The number of rotatable bonds is 7. The monoisotopic (exact) mass is 347 g/mol. The Hall–Kier alpha value is -3.09. The van der Waals surface area contributed by atoms with Gasteiger partial charge in [-0.2, -0.15) is 0 Å². The van der Waals surface area contributed by atoms with E-state index in [4.69, 9.17) is 14.6 Å². The zero-order valence-corrected chi connectivity index (χ0v) is 13.8. The molecule has 2 N–H and O–H groups in total. The van der Waals surface area contributed by atoms with E-state index in [-0.39, 0.29) is 12.0 Å². The molecule has 0 saturated carbocycles. The number of aliphatic carboxylic acids is 1. The Morgan fingerprint density at radius 1 is 1.12 bits per heavy atom. The Bertz CT molecular complexity index is 778. The molecule has 2 aromatic carbocycles. The molecule has 2 aromatic rings. The first-order valence-corrected chi connectivity index (χ1v) is 7.44. The molecule has 0 spiro atoms. The van der Waals surface area contributed by atoms with Gasteiger partial charge in [-0.25, -0.2) is 4.39 Å². The normalized spacial score (nSPS) is 11.5. The van der Waals surface area contributed by atoms with E-state index in [1.807, 2.05) is 0 Å². The highest BCUT2D eigenvalue weighted by Gasteiger charge is 2.20. The number of halogens is 1. The van der Waals surface area contributed by atoms with Crippen LogP contribution in [0.4, 0.5) is 4.39 Å². The molecule has 0 aliphatic carbocycles. The maximum atomic E-state index is 13.3. The minimum Gasteiger partial charge on any atom is -0.493 e. The Labute approximate surface area is 144 Å². The number of carbonyl (C=O) groups excluding carboxylic acids is 1. The van der Waals surface area contributed by atoms with E-state index in [9.17, 15) is 14.0 Å². The van der Waals surface area contributed by atoms with Gasteiger partial charge in [-0.05, 0) is 35.9 Å². The lowest BCUT2D eigenvalue weighted by molar-refractivity contribution is -0.137. The maximum Gasteiger partial charge on any atom is 0.305 e. The molecule has 25 heavy (non-hydrogen) atoms. The lowest BCUT2D eigenvalue weighted by atomic mass is 10.0. The van der Waals surface area contributed by atoms with Crippen molar-refractivity contribution in [2.45, 2.75) is 12.5 Å². The van der Waals surface area contributed by atoms with Gasteiger partial charge in [0, 0.05) is 5.56 Å². The Morgan fingerprint density at radius 2 is 1.84 bits per heavy atom. The summed E-state index contributed by atoms with van der Waals surface area (Å²) in [4.78, 5) is 23.5. The van der Waals surface area contributed by atoms with Crippen LogP contribution in [0.5, 0.6) is 11.5 Å². The van der Waals surface area contributed by atoms with Gasteiger partial charge < -0.3 is 19.9 Å². The summed E-state index contributed by atoms with van der Waals surface area (Å²) in [6, 6.07) is 9.21. The third kappa shape index (κ3) is 4.69. The largest absolute Gasteiger partial charge is 0.493 e. The standard InChI is InChI=1S/C18H18FNO5/c1-24-15-7-6-11(9-16(15)25-2)14(10-17(21)22)20-18(23)12-4-3-5-13(19)8-12/h3-9,14H,10H2,1-2H3,(H,20,23)(H,21,22)/t14-/m0/s1. The van der Waals surface area contributed by atoms with Crippen molar-refractivity contribution >= 4 is 11.9 Å². The number of hydrogen-bond donors (Lipinski definition) is 2. The predicted molar refractivity (Wildman–Crippen MR) is 88.4 cm³/mol. The number of amides is 1. The highest BCUT2D eigenvalue weighted by Crippen LogP contribution is 2.31. The number of carboxylic acid groups (broad SMARTS) is 1. The van der Waals surface area contributed by atoms with Gasteiger partial charge in [0.05, 0.1) is 26.7 Å². The molecule has 0 saturated heterocycles. The van der Waals surface area contributed by atoms with Crippen LogP contribution in [0.3, 0.4) is 0 Å². The van der Waals surface area contributed by atoms with Crippen LogP contribution < -0.4 is 14.8 Å². The number of nitrogens with one attached hydrogen (secondary N) is 1. The number of hydrogen-bond acceptors (Lipinski definition) is 4. The second kappa shape index (κ2) is 8.14. The number of carboxylic acids is 1. The van der Waals surface area contributed by atoms with E-state index in [1.165, 1.54) is 32.4 Å². The van der Waals surface area contributed by atoms with Crippen molar-refractivity contribution in [3.05, 3.63) is 59.4 Å². The first kappa shape index (κ1) is 18.3. The number of carbonyl (C=O) groups is 2. The first-order valence-electron chi connectivity index (χ1n) is 7.44. The lowest BCUT2D eigenvalue weighted by Crippen LogP contribution is -2.30. The second-order valence-electron chi connectivity index (χ2n) is 5.25. The van der Waals surface area contributed by atoms with Gasteiger partial charge in [-0.3, -0.25) is 9.59 Å². The van der Waals surface area contributed by atoms with E-state index in [0.29, 0.717) is 17.1 Å². The minimum absolute atomic E-state index is 0.107. The van der Waals surface area contributed by atoms with E-state index < -0.39 is 23.7 Å². The van der Waals surface area contributed by atoms with Crippen LogP contribution in [-0.4, -0.2) is 31.2 Å². The molecule has 0 aliphatic heterocycles. The molecule has 0 heterocycles. The van der Waals surface area contributed by atoms with Crippen molar-refractivity contribution in [1.82, 2.24) is 5.32 Å². The highest BCUT2D eigenvalue weighted by atomic mass is 19.1. The fourth-order valence-electron chi connectivity index (χ4n) is 2.37. The van der Waals surface area contributed by atoms with Crippen LogP contribution in [-0.2, 0) is 4.79 Å². The molecule has 0 radical (unpaired) electrons. The van der Waals surface area contributed by atoms with Crippen LogP contribution in [0.1, 0.15) is 28.4 Å². The third-order valence-corrected chi connectivity index (χ3v) is 3.58. The van der Waals surface area contributed by atoms with Crippen LogP contribution in [0.25, 0.3) is 0 Å². The van der Waals surface area contributed by atoms with Gasteiger partial charge in [0.2, 0.25) is 0 Å². The molecule has 1 amide bonds. The summed E-state index contributed by atoms with van der Waals surface area (Å²) in [6.07, 6.45) is -0.337. The second-order valence-corrected chi connectivity index (χ2v) is 5.25. The highest BCUT2D eigenvalue weighted by molar-refractivity contribution is 5.94. The molecule has 0 unspecified atom stereocenters. The fraction of sp³-hybridized carbons (Fsp3) is 0.222. The van der Waals surface area contributed by atoms with Crippen molar-refractivity contribution in [3.8, 4) is 11.5 Å². The summed E-state index contributed by atoms with van der Waals surface area (Å²) in [6.45, 7) is 0. The average Bonchev–Trinajstić information content (AvgIpc) is 2.60. The van der Waals surface area contributed by atoms with Gasteiger partial charge in [-0.15, -0.1) is 0 Å². The molecule has 2 rings (SSSR count). The third-order valence-electron chi connectivity index (χ3n) is 3.58. The van der Waals surface area contributed by atoms with Gasteiger partial charge in [0.25, 0.3) is 5.91 Å². The Balaban J connectivity index is 2.30. The summed E-state index contributed by atoms with van der Waals surface area (Å²) in [7, 11) is 2.94. The summed E-state index contributed by atoms with van der Waals surface area (Å²) in [5, 5.41) is 11.7. The van der Waals surface area contributed by atoms with E-state index in [1.54, 1.807) is 18.2 Å². The average molecular weight is 347 g/mol. The molecule has 7 heteroatoms. The molecule has 0 aromatic heterocycles. The fourth-order valence-corrected chi connectivity index (χ4v) is 2.37. The lowest BCUT2D eigenvalue weighted by Gasteiger charge is -2.19. The van der Waals surface area contributed by atoms with Crippen molar-refractivity contribution in [1.29, 1.82) is 0 Å². The smallest absolute Gasteiger partial charge is 0.305 e. The summed E-state index contributed by atoms with van der Waals surface area (Å²) in [5.74, 6) is -1.31. The first-order chi connectivity index (χ1) is 11.9. The number of benzene rings is 2. The summed E-state index contributed by atoms with van der Waals surface area (Å²) < 4.78 is 23.6. The summed E-state index contributed by atoms with van der Waals surface area (Å²) in [5.41, 5.74) is 0.640. The van der Waals surface area contributed by atoms with Crippen molar-refractivity contribution in [3.63, 3.8) is 0 Å². The van der Waals surface area contributed by atoms with Crippen LogP contribution in [0.15, 0.2) is 42.5 Å². The molecular formula is C18H18FNO5. The van der Waals surface area contributed by atoms with Gasteiger partial charge in [-0.1, -0.05) is 12.1 Å². The zero-order chi connectivity index (χ0) is 18.4. The number of ether oxygens (including phenoxy) is 2.